The molecule has 43 heavy (non-hydrogen) atoms. The SMILES string of the molecule is COc1ccc(C(=O)C2CCN(C(=O)c3ccc(C(=O)C[C@@H]4CCN(Cc5ccc(C#N)cc5)C[C@@H]4F)cn3)CC2)cc1. The number of likely N-dealkylation sites (tertiary alicyclic amines) is 2. The number of aromatic nitrogens is 1. The third-order valence-corrected chi connectivity index (χ3v) is 8.53. The molecule has 0 N–H and O–H groups in total. The van der Waals surface area contributed by atoms with Gasteiger partial charge in [0.05, 0.1) is 18.7 Å². The number of nitrogens with zero attached hydrogens (tertiary/aromatic N) is 4. The number of alkyl halides is 1. The van der Waals surface area contributed by atoms with Gasteiger partial charge in [0, 0.05) is 55.8 Å². The van der Waals surface area contributed by atoms with Gasteiger partial charge in [-0.2, -0.15) is 5.26 Å². The number of piperidine rings is 2. The zero-order chi connectivity index (χ0) is 30.3. The lowest BCUT2D eigenvalue weighted by atomic mass is 9.88. The van der Waals surface area contributed by atoms with Crippen LogP contribution in [0.2, 0.25) is 0 Å². The molecule has 3 heterocycles. The standard InChI is InChI=1S/C34H35FN4O4/c1-43-29-9-6-25(7-10-29)33(41)26-13-16-39(17-14-26)34(42)31-11-8-28(20-37-31)32(40)18-27-12-15-38(22-30(27)35)21-24-4-2-23(19-36)3-5-24/h2-11,20,26-27,30H,12-18,21-22H2,1H3/t27-,30-/m0/s1. The molecular formula is C34H35FN4O4. The quantitative estimate of drug-likeness (QED) is 0.322. The van der Waals surface area contributed by atoms with E-state index in [4.69, 9.17) is 10.00 Å². The monoisotopic (exact) mass is 582 g/mol. The Balaban J connectivity index is 1.09. The molecule has 2 saturated heterocycles. The van der Waals surface area contributed by atoms with Gasteiger partial charge in [-0.3, -0.25) is 24.3 Å². The van der Waals surface area contributed by atoms with E-state index in [0.717, 1.165) is 5.56 Å². The molecule has 0 unspecified atom stereocenters. The van der Waals surface area contributed by atoms with Gasteiger partial charge < -0.3 is 9.64 Å². The van der Waals surface area contributed by atoms with Gasteiger partial charge in [-0.15, -0.1) is 0 Å². The number of pyridine rings is 1. The molecule has 2 aliphatic heterocycles. The van der Waals surface area contributed by atoms with Gasteiger partial charge in [-0.1, -0.05) is 12.1 Å². The van der Waals surface area contributed by atoms with Gasteiger partial charge in [0.15, 0.2) is 11.6 Å². The first-order valence-electron chi connectivity index (χ1n) is 14.7. The highest BCUT2D eigenvalue weighted by atomic mass is 19.1. The lowest BCUT2D eigenvalue weighted by Gasteiger charge is -2.34. The van der Waals surface area contributed by atoms with Gasteiger partial charge in [0.2, 0.25) is 0 Å². The minimum absolute atomic E-state index is 0.0724. The highest BCUT2D eigenvalue weighted by molar-refractivity contribution is 5.99. The number of ketones is 2. The van der Waals surface area contributed by atoms with E-state index in [1.165, 1.54) is 6.20 Å². The Morgan fingerprint density at radius 1 is 0.953 bits per heavy atom. The van der Waals surface area contributed by atoms with Crippen LogP contribution in [0.4, 0.5) is 4.39 Å². The summed E-state index contributed by atoms with van der Waals surface area (Å²) in [6, 6.07) is 19.6. The highest BCUT2D eigenvalue weighted by Crippen LogP contribution is 2.27. The molecule has 2 fully saturated rings. The van der Waals surface area contributed by atoms with Crippen LogP contribution in [0.15, 0.2) is 66.9 Å². The molecule has 8 nitrogen and oxygen atoms in total. The molecule has 5 rings (SSSR count). The molecular weight excluding hydrogens is 547 g/mol. The number of Topliss-reactive ketones (excluding diaryl/α,β-unsaturated/α-hetero) is 2. The predicted molar refractivity (Wildman–Crippen MR) is 159 cm³/mol. The molecule has 0 bridgehead atoms. The minimum atomic E-state index is -1.12. The van der Waals surface area contributed by atoms with Crippen molar-refractivity contribution in [2.45, 2.75) is 38.4 Å². The summed E-state index contributed by atoms with van der Waals surface area (Å²) in [4.78, 5) is 46.9. The van der Waals surface area contributed by atoms with Gasteiger partial charge in [-0.25, -0.2) is 4.39 Å². The number of rotatable bonds is 9. The average Bonchev–Trinajstić information content (AvgIpc) is 3.06. The molecule has 0 radical (unpaired) electrons. The summed E-state index contributed by atoms with van der Waals surface area (Å²) in [7, 11) is 1.58. The Kier molecular flexibility index (Phi) is 9.58. The van der Waals surface area contributed by atoms with Crippen LogP contribution in [0, 0.1) is 23.2 Å². The number of ether oxygens (including phenoxy) is 1. The van der Waals surface area contributed by atoms with E-state index in [0.29, 0.717) is 67.9 Å². The van der Waals surface area contributed by atoms with E-state index in [2.05, 4.69) is 11.1 Å². The number of hydrogen-bond acceptors (Lipinski definition) is 7. The highest BCUT2D eigenvalue weighted by Gasteiger charge is 2.32. The zero-order valence-electron chi connectivity index (χ0n) is 24.2. The second-order valence-electron chi connectivity index (χ2n) is 11.3. The maximum atomic E-state index is 15.0. The van der Waals surface area contributed by atoms with Crippen molar-refractivity contribution in [3.05, 3.63) is 94.8 Å². The van der Waals surface area contributed by atoms with Gasteiger partial charge in [0.1, 0.15) is 17.6 Å². The summed E-state index contributed by atoms with van der Waals surface area (Å²) in [5.74, 6) is -0.157. The fraction of sp³-hybridized carbons (Fsp3) is 0.382. The Morgan fingerprint density at radius 3 is 2.26 bits per heavy atom. The topological polar surface area (TPSA) is 104 Å². The summed E-state index contributed by atoms with van der Waals surface area (Å²) in [5.41, 5.74) is 2.87. The fourth-order valence-corrected chi connectivity index (χ4v) is 5.87. The molecule has 2 atom stereocenters. The number of halogens is 1. The Hall–Kier alpha value is -4.42. The molecule has 0 spiro atoms. The first-order valence-corrected chi connectivity index (χ1v) is 14.7. The summed E-state index contributed by atoms with van der Waals surface area (Å²) < 4.78 is 20.2. The van der Waals surface area contributed by atoms with Crippen LogP contribution in [-0.4, -0.2) is 71.7 Å². The van der Waals surface area contributed by atoms with E-state index >= 15 is 4.39 Å². The predicted octanol–water partition coefficient (Wildman–Crippen LogP) is 5.13. The third-order valence-electron chi connectivity index (χ3n) is 8.53. The molecule has 1 aromatic heterocycles. The molecule has 1 amide bonds. The number of carbonyl (C=O) groups excluding carboxylic acids is 3. The van der Waals surface area contributed by atoms with Crippen LogP contribution in [-0.2, 0) is 6.54 Å². The Morgan fingerprint density at radius 2 is 1.65 bits per heavy atom. The van der Waals surface area contributed by atoms with Gasteiger partial charge in [-0.05, 0) is 85.8 Å². The van der Waals surface area contributed by atoms with Crippen LogP contribution < -0.4 is 4.74 Å². The van der Waals surface area contributed by atoms with Gasteiger partial charge >= 0.3 is 0 Å². The van der Waals surface area contributed by atoms with E-state index in [1.54, 1.807) is 60.5 Å². The molecule has 3 aromatic rings. The van der Waals surface area contributed by atoms with Crippen molar-refractivity contribution in [2.24, 2.45) is 11.8 Å². The maximum Gasteiger partial charge on any atom is 0.272 e. The first kappa shape index (κ1) is 30.1. The molecule has 9 heteroatoms. The number of benzene rings is 2. The van der Waals surface area contributed by atoms with Crippen molar-refractivity contribution < 1.29 is 23.5 Å². The van der Waals surface area contributed by atoms with Crippen molar-refractivity contribution in [3.8, 4) is 11.8 Å². The van der Waals surface area contributed by atoms with Gasteiger partial charge in [0.25, 0.3) is 5.91 Å². The minimum Gasteiger partial charge on any atom is -0.497 e. The van der Waals surface area contributed by atoms with E-state index in [1.807, 2.05) is 17.0 Å². The fourth-order valence-electron chi connectivity index (χ4n) is 5.87. The number of hydrogen-bond donors (Lipinski definition) is 0. The van der Waals surface area contributed by atoms with Crippen LogP contribution in [0.5, 0.6) is 5.75 Å². The number of amides is 1. The lowest BCUT2D eigenvalue weighted by molar-refractivity contribution is 0.0644. The summed E-state index contributed by atoms with van der Waals surface area (Å²) in [6.45, 7) is 2.45. The van der Waals surface area contributed by atoms with Crippen molar-refractivity contribution in [2.75, 3.05) is 33.3 Å². The normalized spacial score (nSPS) is 19.4. The molecule has 0 saturated carbocycles. The summed E-state index contributed by atoms with van der Waals surface area (Å²) >= 11 is 0. The number of methoxy groups -OCH3 is 1. The van der Waals surface area contributed by atoms with Crippen molar-refractivity contribution in [1.82, 2.24) is 14.8 Å². The zero-order valence-corrected chi connectivity index (χ0v) is 24.2. The largest absolute Gasteiger partial charge is 0.497 e. The van der Waals surface area contributed by atoms with E-state index in [9.17, 15) is 14.4 Å². The van der Waals surface area contributed by atoms with Crippen LogP contribution in [0.1, 0.15) is 68.0 Å². The third kappa shape index (κ3) is 7.33. The van der Waals surface area contributed by atoms with E-state index < -0.39 is 6.17 Å². The lowest BCUT2D eigenvalue weighted by Crippen LogP contribution is -2.42. The molecule has 0 aliphatic carbocycles. The molecule has 2 aromatic carbocycles. The summed E-state index contributed by atoms with van der Waals surface area (Å²) in [6.07, 6.45) is 2.10. The Labute approximate surface area is 251 Å². The average molecular weight is 583 g/mol. The Bertz CT molecular complexity index is 1480. The second kappa shape index (κ2) is 13.7. The molecule has 222 valence electrons. The number of nitriles is 1. The number of carbonyl (C=O) groups is 3. The first-order chi connectivity index (χ1) is 20.8. The van der Waals surface area contributed by atoms with Crippen LogP contribution in [0.25, 0.3) is 0 Å². The van der Waals surface area contributed by atoms with Crippen LogP contribution >= 0.6 is 0 Å². The smallest absolute Gasteiger partial charge is 0.272 e. The second-order valence-corrected chi connectivity index (χ2v) is 11.3. The summed E-state index contributed by atoms with van der Waals surface area (Å²) in [5, 5.41) is 8.95. The van der Waals surface area contributed by atoms with Crippen molar-refractivity contribution in [3.63, 3.8) is 0 Å². The van der Waals surface area contributed by atoms with Crippen molar-refractivity contribution >= 4 is 17.5 Å². The van der Waals surface area contributed by atoms with E-state index in [-0.39, 0.29) is 48.0 Å². The maximum absolute atomic E-state index is 15.0. The molecule has 2 aliphatic rings. The van der Waals surface area contributed by atoms with Crippen molar-refractivity contribution in [1.29, 1.82) is 5.26 Å². The van der Waals surface area contributed by atoms with Crippen LogP contribution in [0.3, 0.4) is 0 Å².